The highest BCUT2D eigenvalue weighted by molar-refractivity contribution is 6.30. The lowest BCUT2D eigenvalue weighted by Gasteiger charge is -2.30. The minimum atomic E-state index is -0.573. The van der Waals surface area contributed by atoms with Gasteiger partial charge in [-0.25, -0.2) is 10.2 Å². The van der Waals surface area contributed by atoms with E-state index in [1.165, 1.54) is 0 Å². The summed E-state index contributed by atoms with van der Waals surface area (Å²) in [7, 11) is 1.61. The maximum absolute atomic E-state index is 13.2. The molecule has 2 aromatic rings. The normalized spacial score (nSPS) is 13.8. The number of hydrogen-bond acceptors (Lipinski definition) is 6. The van der Waals surface area contributed by atoms with Crippen LogP contribution in [0.15, 0.2) is 53.6 Å². The Bertz CT molecular complexity index is 1250. The Balaban J connectivity index is 1.54. The van der Waals surface area contributed by atoms with E-state index in [1.54, 1.807) is 45.0 Å². The van der Waals surface area contributed by atoms with Crippen LogP contribution in [0.1, 0.15) is 57.2 Å². The molecular weight excluding hydrogens is 532 g/mol. The van der Waals surface area contributed by atoms with Gasteiger partial charge in [0, 0.05) is 36.8 Å². The molecule has 1 aliphatic heterocycles. The second-order valence-electron chi connectivity index (χ2n) is 10.7. The minimum absolute atomic E-state index is 0.0158. The lowest BCUT2D eigenvalue weighted by atomic mass is 9.98. The van der Waals surface area contributed by atoms with Crippen molar-refractivity contribution in [1.29, 1.82) is 0 Å². The van der Waals surface area contributed by atoms with Gasteiger partial charge in [-0.15, -0.1) is 0 Å². The first-order chi connectivity index (χ1) is 18.9. The number of carbonyl (C=O) groups excluding carboxylic acids is 3. The zero-order valence-corrected chi connectivity index (χ0v) is 24.6. The quantitative estimate of drug-likeness (QED) is 0.362. The number of nitrogens with one attached hydrogen (secondary N) is 3. The van der Waals surface area contributed by atoms with Gasteiger partial charge in [-0.05, 0) is 81.5 Å². The summed E-state index contributed by atoms with van der Waals surface area (Å²) in [5.41, 5.74) is 6.79. The lowest BCUT2D eigenvalue weighted by Crippen LogP contribution is -2.46. The number of hydrogen-bond donors (Lipinski definition) is 3. The van der Waals surface area contributed by atoms with Gasteiger partial charge in [0.15, 0.2) is 0 Å². The number of ether oxygens (including phenoxy) is 2. The van der Waals surface area contributed by atoms with Crippen molar-refractivity contribution in [3.63, 3.8) is 0 Å². The molecule has 0 unspecified atom stereocenters. The second-order valence-corrected chi connectivity index (χ2v) is 11.1. The molecule has 0 spiro atoms. The van der Waals surface area contributed by atoms with Crippen molar-refractivity contribution in [2.45, 2.75) is 65.6 Å². The largest absolute Gasteiger partial charge is 0.497 e. The van der Waals surface area contributed by atoms with Gasteiger partial charge in [0.25, 0.3) is 5.91 Å². The van der Waals surface area contributed by atoms with Crippen molar-refractivity contribution in [1.82, 2.24) is 21.1 Å². The van der Waals surface area contributed by atoms with Crippen LogP contribution in [0.5, 0.6) is 5.75 Å². The standard InChI is InChI=1S/C30H39ClN4O5/c1-20-12-14-35(34-18-21-7-6-8-25(15-21)39-5)28(37)26(20)17-27(36)33-19-23-16-24(31)10-9-22(23)11-13-32-29(38)40-30(2,3)4/h6-10,15-16,34H,11-14,17-19H2,1-5H3,(H,32,38)(H,33,36). The van der Waals surface area contributed by atoms with E-state index in [4.69, 9.17) is 21.1 Å². The van der Waals surface area contributed by atoms with Crippen LogP contribution in [0.25, 0.3) is 0 Å². The first-order valence-corrected chi connectivity index (χ1v) is 13.7. The fourth-order valence-corrected chi connectivity index (χ4v) is 4.45. The van der Waals surface area contributed by atoms with Gasteiger partial charge < -0.3 is 20.1 Å². The van der Waals surface area contributed by atoms with E-state index in [-0.39, 0.29) is 24.8 Å². The third-order valence-corrected chi connectivity index (χ3v) is 6.62. The molecule has 1 heterocycles. The van der Waals surface area contributed by atoms with Crippen LogP contribution in [-0.2, 0) is 33.8 Å². The molecule has 0 saturated heterocycles. The summed E-state index contributed by atoms with van der Waals surface area (Å²) in [6.45, 7) is 8.93. The molecule has 0 aromatic heterocycles. The lowest BCUT2D eigenvalue weighted by molar-refractivity contribution is -0.132. The number of carbonyl (C=O) groups is 3. The van der Waals surface area contributed by atoms with Crippen molar-refractivity contribution >= 4 is 29.5 Å². The Labute approximate surface area is 241 Å². The molecule has 0 saturated carbocycles. The van der Waals surface area contributed by atoms with Crippen molar-refractivity contribution in [3.8, 4) is 5.75 Å². The van der Waals surface area contributed by atoms with Crippen LogP contribution in [0.2, 0.25) is 5.02 Å². The van der Waals surface area contributed by atoms with E-state index in [1.807, 2.05) is 37.3 Å². The first-order valence-electron chi connectivity index (χ1n) is 13.3. The Morgan fingerprint density at radius 2 is 1.82 bits per heavy atom. The van der Waals surface area contributed by atoms with Crippen molar-refractivity contribution < 1.29 is 23.9 Å². The average molecular weight is 571 g/mol. The summed E-state index contributed by atoms with van der Waals surface area (Å²) >= 11 is 6.22. The first kappa shape index (κ1) is 31.0. The SMILES string of the molecule is COc1cccc(CNN2CCC(C)=C(CC(=O)NCc3cc(Cl)ccc3CCNC(=O)OC(C)(C)C)C2=O)c1. The molecule has 10 heteroatoms. The Morgan fingerprint density at radius 3 is 2.55 bits per heavy atom. The summed E-state index contributed by atoms with van der Waals surface area (Å²) < 4.78 is 10.5. The Hall–Kier alpha value is -3.56. The van der Waals surface area contributed by atoms with Crippen LogP contribution >= 0.6 is 11.6 Å². The van der Waals surface area contributed by atoms with Crippen molar-refractivity contribution in [2.24, 2.45) is 0 Å². The number of methoxy groups -OCH3 is 1. The van der Waals surface area contributed by atoms with Crippen LogP contribution in [0.3, 0.4) is 0 Å². The van der Waals surface area contributed by atoms with Gasteiger partial charge in [-0.2, -0.15) is 0 Å². The molecule has 3 N–H and O–H groups in total. The highest BCUT2D eigenvalue weighted by atomic mass is 35.5. The highest BCUT2D eigenvalue weighted by Crippen LogP contribution is 2.22. The summed E-state index contributed by atoms with van der Waals surface area (Å²) in [5.74, 6) is 0.299. The third kappa shape index (κ3) is 9.57. The number of rotatable bonds is 11. The summed E-state index contributed by atoms with van der Waals surface area (Å²) in [6.07, 6.45) is 0.725. The number of alkyl carbamates (subject to hydrolysis) is 1. The van der Waals surface area contributed by atoms with Crippen LogP contribution in [0, 0.1) is 0 Å². The predicted molar refractivity (Wildman–Crippen MR) is 155 cm³/mol. The molecule has 1 aliphatic rings. The molecule has 40 heavy (non-hydrogen) atoms. The van der Waals surface area contributed by atoms with Crippen molar-refractivity contribution in [3.05, 3.63) is 75.3 Å². The van der Waals surface area contributed by atoms with E-state index in [2.05, 4.69) is 16.1 Å². The van der Waals surface area contributed by atoms with Gasteiger partial charge in [-0.1, -0.05) is 35.4 Å². The topological polar surface area (TPSA) is 109 Å². The zero-order valence-electron chi connectivity index (χ0n) is 23.9. The van der Waals surface area contributed by atoms with E-state index >= 15 is 0 Å². The Kier molecular flexibility index (Phi) is 11.0. The molecule has 0 aliphatic carbocycles. The van der Waals surface area contributed by atoms with Gasteiger partial charge in [0.1, 0.15) is 11.4 Å². The van der Waals surface area contributed by atoms with E-state index in [0.29, 0.717) is 43.1 Å². The molecule has 9 nitrogen and oxygen atoms in total. The monoisotopic (exact) mass is 570 g/mol. The molecule has 3 amide bonds. The number of halogens is 1. The smallest absolute Gasteiger partial charge is 0.407 e. The van der Waals surface area contributed by atoms with Crippen LogP contribution in [0.4, 0.5) is 4.79 Å². The van der Waals surface area contributed by atoms with Gasteiger partial charge in [0.2, 0.25) is 5.91 Å². The maximum atomic E-state index is 13.2. The summed E-state index contributed by atoms with van der Waals surface area (Å²) in [5, 5.41) is 7.79. The van der Waals surface area contributed by atoms with Crippen LogP contribution < -0.4 is 20.8 Å². The number of amides is 3. The molecule has 3 rings (SSSR count). The molecular formula is C30H39ClN4O5. The molecule has 2 aromatic carbocycles. The van der Waals surface area contributed by atoms with E-state index in [0.717, 1.165) is 28.0 Å². The fourth-order valence-electron chi connectivity index (χ4n) is 4.26. The van der Waals surface area contributed by atoms with Gasteiger partial charge in [-0.3, -0.25) is 14.6 Å². The number of benzene rings is 2. The molecule has 0 atom stereocenters. The van der Waals surface area contributed by atoms with Crippen molar-refractivity contribution in [2.75, 3.05) is 20.2 Å². The van der Waals surface area contributed by atoms with Gasteiger partial charge in [0.05, 0.1) is 13.5 Å². The Morgan fingerprint density at radius 1 is 1.05 bits per heavy atom. The molecule has 216 valence electrons. The molecule has 0 radical (unpaired) electrons. The number of hydrazine groups is 1. The van der Waals surface area contributed by atoms with E-state index < -0.39 is 11.7 Å². The summed E-state index contributed by atoms with van der Waals surface area (Å²) in [4.78, 5) is 38.0. The number of nitrogens with zero attached hydrogens (tertiary/aromatic N) is 1. The predicted octanol–water partition coefficient (Wildman–Crippen LogP) is 4.68. The second kappa shape index (κ2) is 14.2. The molecule has 0 fully saturated rings. The zero-order chi connectivity index (χ0) is 29.3. The van der Waals surface area contributed by atoms with Gasteiger partial charge >= 0.3 is 6.09 Å². The van der Waals surface area contributed by atoms with E-state index in [9.17, 15) is 14.4 Å². The maximum Gasteiger partial charge on any atom is 0.407 e. The minimum Gasteiger partial charge on any atom is -0.497 e. The average Bonchev–Trinajstić information content (AvgIpc) is 2.89. The molecule has 0 bridgehead atoms. The summed E-state index contributed by atoms with van der Waals surface area (Å²) in [6, 6.07) is 13.1. The third-order valence-electron chi connectivity index (χ3n) is 6.38. The fraction of sp³-hybridized carbons (Fsp3) is 0.433. The highest BCUT2D eigenvalue weighted by Gasteiger charge is 2.27. The van der Waals surface area contributed by atoms with Crippen LogP contribution in [-0.4, -0.2) is 48.7 Å².